The molecule has 0 aliphatic heterocycles. The highest BCUT2D eigenvalue weighted by Gasteiger charge is 2.16. The Balaban J connectivity index is 2.45. The van der Waals surface area contributed by atoms with Crippen LogP contribution < -0.4 is 15.8 Å². The number of nitrogen functional groups attached to an aromatic ring is 1. The van der Waals surface area contributed by atoms with Crippen molar-refractivity contribution in [2.24, 2.45) is 0 Å². The van der Waals surface area contributed by atoms with Crippen LogP contribution in [0.4, 0.5) is 30.5 Å². The molecule has 0 unspecified atom stereocenters. The number of methoxy groups -OCH3 is 1. The summed E-state index contributed by atoms with van der Waals surface area (Å²) in [6.07, 6.45) is 1.10. The van der Waals surface area contributed by atoms with Crippen molar-refractivity contribution in [1.82, 2.24) is 9.97 Å². The zero-order valence-corrected chi connectivity index (χ0v) is 9.75. The summed E-state index contributed by atoms with van der Waals surface area (Å²) in [5.74, 6) is -3.21. The van der Waals surface area contributed by atoms with Gasteiger partial charge in [-0.1, -0.05) is 0 Å². The highest BCUT2D eigenvalue weighted by molar-refractivity contribution is 5.68. The molecule has 0 radical (unpaired) electrons. The van der Waals surface area contributed by atoms with Crippen LogP contribution in [0.15, 0.2) is 18.5 Å². The fourth-order valence-electron chi connectivity index (χ4n) is 1.46. The Morgan fingerprint density at radius 2 is 1.79 bits per heavy atom. The second-order valence-electron chi connectivity index (χ2n) is 3.51. The first-order valence-electron chi connectivity index (χ1n) is 5.09. The predicted molar refractivity (Wildman–Crippen MR) is 62.6 cm³/mol. The van der Waals surface area contributed by atoms with Crippen molar-refractivity contribution >= 4 is 17.3 Å². The molecule has 0 saturated heterocycles. The number of hydrogen-bond donors (Lipinski definition) is 2. The number of benzene rings is 1. The van der Waals surface area contributed by atoms with E-state index < -0.39 is 23.1 Å². The van der Waals surface area contributed by atoms with Crippen molar-refractivity contribution in [2.45, 2.75) is 0 Å². The number of nitrogens with zero attached hydrogens (tertiary/aromatic N) is 2. The molecule has 1 aromatic heterocycles. The van der Waals surface area contributed by atoms with E-state index in [2.05, 4.69) is 15.3 Å². The number of anilines is 3. The maximum absolute atomic E-state index is 13.5. The lowest BCUT2D eigenvalue weighted by Crippen LogP contribution is -2.05. The predicted octanol–water partition coefficient (Wildman–Crippen LogP) is 2.23. The van der Waals surface area contributed by atoms with Crippen LogP contribution in [0.5, 0.6) is 5.75 Å². The molecule has 0 spiro atoms. The summed E-state index contributed by atoms with van der Waals surface area (Å²) in [4.78, 5) is 7.42. The van der Waals surface area contributed by atoms with Crippen LogP contribution in [0.25, 0.3) is 0 Å². The summed E-state index contributed by atoms with van der Waals surface area (Å²) in [6.45, 7) is 0. The monoisotopic (exact) mass is 270 g/mol. The van der Waals surface area contributed by atoms with Gasteiger partial charge in [0.15, 0.2) is 23.3 Å². The van der Waals surface area contributed by atoms with E-state index in [0.29, 0.717) is 12.1 Å². The number of nitrogens with one attached hydrogen (secondary N) is 1. The van der Waals surface area contributed by atoms with Gasteiger partial charge in [0.05, 0.1) is 7.11 Å². The van der Waals surface area contributed by atoms with Crippen LogP contribution in [0.3, 0.4) is 0 Å². The molecule has 0 aliphatic carbocycles. The summed E-state index contributed by atoms with van der Waals surface area (Å²) >= 11 is 0. The van der Waals surface area contributed by atoms with Crippen LogP contribution in [-0.2, 0) is 0 Å². The quantitative estimate of drug-likeness (QED) is 0.894. The van der Waals surface area contributed by atoms with Gasteiger partial charge < -0.3 is 15.8 Å². The van der Waals surface area contributed by atoms with E-state index in [9.17, 15) is 13.2 Å². The number of halogens is 3. The van der Waals surface area contributed by atoms with Crippen LogP contribution >= 0.6 is 0 Å². The molecule has 0 amide bonds. The van der Waals surface area contributed by atoms with E-state index in [0.717, 1.165) is 6.33 Å². The lowest BCUT2D eigenvalue weighted by Gasteiger charge is -2.12. The first-order chi connectivity index (χ1) is 9.02. The highest BCUT2D eigenvalue weighted by Crippen LogP contribution is 2.31. The standard InChI is InChI=1S/C11H9F3N4O/c1-19-9-10(15)16-4-17-11(9)18-8-6(13)2-5(12)3-7(8)14/h2-4H,1H3,(H3,15,16,17,18). The molecule has 1 aromatic carbocycles. The van der Waals surface area contributed by atoms with Gasteiger partial charge in [-0.05, 0) is 0 Å². The number of nitrogens with two attached hydrogens (primary N) is 1. The van der Waals surface area contributed by atoms with Gasteiger partial charge in [0.25, 0.3) is 0 Å². The molecule has 5 nitrogen and oxygen atoms in total. The third kappa shape index (κ3) is 2.51. The van der Waals surface area contributed by atoms with Crippen molar-refractivity contribution in [1.29, 1.82) is 0 Å². The van der Waals surface area contributed by atoms with Crippen molar-refractivity contribution in [3.05, 3.63) is 35.9 Å². The zero-order valence-electron chi connectivity index (χ0n) is 9.75. The number of hydrogen-bond acceptors (Lipinski definition) is 5. The third-order valence-corrected chi connectivity index (χ3v) is 2.29. The number of aromatic nitrogens is 2. The Kier molecular flexibility index (Phi) is 3.41. The molecular formula is C11H9F3N4O. The van der Waals surface area contributed by atoms with Gasteiger partial charge in [0.1, 0.15) is 17.8 Å². The fourth-order valence-corrected chi connectivity index (χ4v) is 1.46. The average Bonchev–Trinajstić information content (AvgIpc) is 2.34. The Labute approximate surface area is 106 Å². The van der Waals surface area contributed by atoms with Crippen molar-refractivity contribution in [3.63, 3.8) is 0 Å². The van der Waals surface area contributed by atoms with Gasteiger partial charge in [0, 0.05) is 12.1 Å². The van der Waals surface area contributed by atoms with Gasteiger partial charge in [-0.25, -0.2) is 23.1 Å². The second kappa shape index (κ2) is 5.01. The third-order valence-electron chi connectivity index (χ3n) is 2.29. The smallest absolute Gasteiger partial charge is 0.204 e. The fraction of sp³-hybridized carbons (Fsp3) is 0.0909. The maximum atomic E-state index is 13.5. The van der Waals surface area contributed by atoms with Crippen LogP contribution in [0, 0.1) is 17.5 Å². The largest absolute Gasteiger partial charge is 0.490 e. The summed E-state index contributed by atoms with van der Waals surface area (Å²) in [5, 5.41) is 2.36. The van der Waals surface area contributed by atoms with Crippen LogP contribution in [-0.4, -0.2) is 17.1 Å². The molecule has 2 rings (SSSR count). The Bertz CT molecular complexity index is 598. The molecule has 8 heteroatoms. The summed E-state index contributed by atoms with van der Waals surface area (Å²) in [6, 6.07) is 1.09. The minimum absolute atomic E-state index is 0.00271. The lowest BCUT2D eigenvalue weighted by atomic mass is 10.2. The molecule has 0 atom stereocenters. The number of ether oxygens (including phenoxy) is 1. The molecule has 1 heterocycles. The molecule has 3 N–H and O–H groups in total. The summed E-state index contributed by atoms with van der Waals surface area (Å²) in [5.41, 5.74) is 4.96. The molecule has 19 heavy (non-hydrogen) atoms. The first kappa shape index (κ1) is 12.9. The minimum atomic E-state index is -1.10. The van der Waals surface area contributed by atoms with Gasteiger partial charge in [-0.2, -0.15) is 0 Å². The van der Waals surface area contributed by atoms with Gasteiger partial charge in [-0.15, -0.1) is 0 Å². The Morgan fingerprint density at radius 1 is 1.16 bits per heavy atom. The normalized spacial score (nSPS) is 10.3. The van der Waals surface area contributed by atoms with Crippen molar-refractivity contribution in [2.75, 3.05) is 18.2 Å². The summed E-state index contributed by atoms with van der Waals surface area (Å²) < 4.78 is 44.6. The van der Waals surface area contributed by atoms with Gasteiger partial charge >= 0.3 is 0 Å². The molecule has 2 aromatic rings. The van der Waals surface area contributed by atoms with E-state index in [-0.39, 0.29) is 17.4 Å². The van der Waals surface area contributed by atoms with E-state index in [4.69, 9.17) is 10.5 Å². The van der Waals surface area contributed by atoms with E-state index in [1.807, 2.05) is 0 Å². The van der Waals surface area contributed by atoms with E-state index in [1.54, 1.807) is 0 Å². The molecular weight excluding hydrogens is 261 g/mol. The maximum Gasteiger partial charge on any atom is 0.204 e. The molecule has 100 valence electrons. The SMILES string of the molecule is COc1c(N)ncnc1Nc1c(F)cc(F)cc1F. The Morgan fingerprint density at radius 3 is 2.37 bits per heavy atom. The topological polar surface area (TPSA) is 73.1 Å². The first-order valence-corrected chi connectivity index (χ1v) is 5.09. The van der Waals surface area contributed by atoms with Crippen molar-refractivity contribution in [3.8, 4) is 5.75 Å². The van der Waals surface area contributed by atoms with Crippen molar-refractivity contribution < 1.29 is 17.9 Å². The van der Waals surface area contributed by atoms with Crippen LogP contribution in [0.2, 0.25) is 0 Å². The second-order valence-corrected chi connectivity index (χ2v) is 3.51. The number of rotatable bonds is 3. The molecule has 0 saturated carbocycles. The lowest BCUT2D eigenvalue weighted by molar-refractivity contribution is 0.415. The molecule has 0 aliphatic rings. The minimum Gasteiger partial charge on any atom is -0.490 e. The summed E-state index contributed by atoms with van der Waals surface area (Å²) in [7, 11) is 1.30. The highest BCUT2D eigenvalue weighted by atomic mass is 19.1. The Hall–Kier alpha value is -2.51. The van der Waals surface area contributed by atoms with Crippen LogP contribution in [0.1, 0.15) is 0 Å². The van der Waals surface area contributed by atoms with E-state index in [1.165, 1.54) is 7.11 Å². The van der Waals surface area contributed by atoms with E-state index >= 15 is 0 Å². The average molecular weight is 270 g/mol. The molecule has 0 fully saturated rings. The van der Waals surface area contributed by atoms with Gasteiger partial charge in [-0.3, -0.25) is 0 Å². The molecule has 0 bridgehead atoms. The zero-order chi connectivity index (χ0) is 14.0. The van der Waals surface area contributed by atoms with Gasteiger partial charge in [0.2, 0.25) is 5.75 Å².